The molecule has 76 valence electrons. The number of carbonyl (C=O) groups excluding carboxylic acids is 1. The average molecular weight is 224 g/mol. The van der Waals surface area contributed by atoms with E-state index in [2.05, 4.69) is 0 Å². The van der Waals surface area contributed by atoms with Crippen LogP contribution in [0.1, 0.15) is 12.8 Å². The lowest BCUT2D eigenvalue weighted by molar-refractivity contribution is -0.127. The summed E-state index contributed by atoms with van der Waals surface area (Å²) < 4.78 is 0. The van der Waals surface area contributed by atoms with E-state index >= 15 is 0 Å². The summed E-state index contributed by atoms with van der Waals surface area (Å²) in [5, 5.41) is 5.64. The molecule has 4 nitrogen and oxygen atoms in total. The van der Waals surface area contributed by atoms with Crippen LogP contribution in [0.15, 0.2) is 0 Å². The molecule has 13 heavy (non-hydrogen) atoms. The van der Waals surface area contributed by atoms with Crippen molar-refractivity contribution in [2.45, 2.75) is 12.8 Å². The molecular formula is C7H14ClN3OS. The van der Waals surface area contributed by atoms with E-state index in [-0.39, 0.29) is 18.3 Å². The molecule has 6 heteroatoms. The fraction of sp³-hybridized carbons (Fsp3) is 0.714. The molecule has 1 rings (SSSR count). The van der Waals surface area contributed by atoms with Crippen molar-refractivity contribution in [3.8, 4) is 0 Å². The highest BCUT2D eigenvalue weighted by molar-refractivity contribution is 8.13. The maximum absolute atomic E-state index is 11.1. The Kier molecular flexibility index (Phi) is 5.90. The molecule has 1 aliphatic heterocycles. The Balaban J connectivity index is 0.00000144. The normalized spacial score (nSPS) is 15.7. The van der Waals surface area contributed by atoms with Gasteiger partial charge in [0.15, 0.2) is 0 Å². The number of halogens is 1. The van der Waals surface area contributed by atoms with E-state index in [0.717, 1.165) is 25.3 Å². The van der Waals surface area contributed by atoms with Gasteiger partial charge in [-0.15, -0.1) is 0 Å². The van der Waals surface area contributed by atoms with Crippen LogP contribution in [0.5, 0.6) is 0 Å². The highest BCUT2D eigenvalue weighted by atomic mass is 35.5. The lowest BCUT2D eigenvalue weighted by Crippen LogP contribution is -3.00. The van der Waals surface area contributed by atoms with Gasteiger partial charge < -0.3 is 17.3 Å². The molecule has 1 saturated heterocycles. The van der Waals surface area contributed by atoms with Gasteiger partial charge in [0.2, 0.25) is 5.91 Å². The molecule has 0 spiro atoms. The number of rotatable bonds is 3. The van der Waals surface area contributed by atoms with E-state index in [1.807, 2.05) is 4.90 Å². The van der Waals surface area contributed by atoms with Crippen molar-refractivity contribution < 1.29 is 22.6 Å². The smallest absolute Gasteiger partial charge is 0.299 e. The van der Waals surface area contributed by atoms with E-state index in [9.17, 15) is 4.79 Å². The summed E-state index contributed by atoms with van der Waals surface area (Å²) >= 11 is 1.40. The van der Waals surface area contributed by atoms with Gasteiger partial charge in [-0.25, -0.2) is 0 Å². The number of hydrogen-bond acceptors (Lipinski definition) is 2. The zero-order chi connectivity index (χ0) is 8.97. The minimum atomic E-state index is 0. The fourth-order valence-electron chi connectivity index (χ4n) is 1.21. The molecule has 0 aromatic heterocycles. The van der Waals surface area contributed by atoms with Crippen LogP contribution in [-0.2, 0) is 4.79 Å². The summed E-state index contributed by atoms with van der Waals surface area (Å²) in [5.41, 5.74) is 5.27. The van der Waals surface area contributed by atoms with Crippen LogP contribution >= 0.6 is 11.8 Å². The molecule has 0 atom stereocenters. The summed E-state index contributed by atoms with van der Waals surface area (Å²) in [4.78, 5) is 13.0. The number of likely N-dealkylation sites (tertiary alicyclic amines) is 1. The van der Waals surface area contributed by atoms with Crippen LogP contribution in [0.3, 0.4) is 0 Å². The minimum Gasteiger partial charge on any atom is -1.00 e. The highest BCUT2D eigenvalue weighted by Crippen LogP contribution is 2.10. The van der Waals surface area contributed by atoms with Crippen molar-refractivity contribution in [3.05, 3.63) is 0 Å². The summed E-state index contributed by atoms with van der Waals surface area (Å²) in [5.74, 6) is 1.06. The Morgan fingerprint density at radius 1 is 1.69 bits per heavy atom. The molecule has 0 saturated carbocycles. The second kappa shape index (κ2) is 6.10. The Bertz CT molecular complexity index is 200. The summed E-state index contributed by atoms with van der Waals surface area (Å²) in [7, 11) is 0. The number of carbonyl (C=O) groups is 1. The molecule has 0 aromatic carbocycles. The van der Waals surface area contributed by atoms with E-state index < -0.39 is 0 Å². The number of amidine groups is 1. The van der Waals surface area contributed by atoms with Gasteiger partial charge in [0.05, 0.1) is 0 Å². The number of nitrogens with two attached hydrogens (primary N) is 2. The van der Waals surface area contributed by atoms with Gasteiger partial charge in [-0.2, -0.15) is 0 Å². The van der Waals surface area contributed by atoms with Crippen LogP contribution < -0.4 is 23.5 Å². The molecule has 1 aliphatic rings. The molecule has 0 bridgehead atoms. The first-order valence-corrected chi connectivity index (χ1v) is 4.97. The lowest BCUT2D eigenvalue weighted by atomic mass is 10.4. The first-order chi connectivity index (χ1) is 5.70. The molecule has 0 aromatic rings. The average Bonchev–Trinajstić information content (AvgIpc) is 2.36. The topological polar surface area (TPSA) is 71.9 Å². The maximum atomic E-state index is 11.1. The minimum absolute atomic E-state index is 0. The van der Waals surface area contributed by atoms with Crippen molar-refractivity contribution in [2.24, 2.45) is 5.73 Å². The summed E-state index contributed by atoms with van der Waals surface area (Å²) in [6.45, 7) is 1.66. The van der Waals surface area contributed by atoms with E-state index in [1.165, 1.54) is 11.8 Å². The van der Waals surface area contributed by atoms with Crippen LogP contribution in [0.4, 0.5) is 0 Å². The number of nitrogens with zero attached hydrogens (tertiary/aromatic N) is 1. The van der Waals surface area contributed by atoms with Crippen molar-refractivity contribution in [2.75, 3.05) is 18.8 Å². The Morgan fingerprint density at radius 3 is 2.85 bits per heavy atom. The molecule has 1 heterocycles. The van der Waals surface area contributed by atoms with E-state index in [0.29, 0.717) is 11.6 Å². The predicted molar refractivity (Wildman–Crippen MR) is 49.4 cm³/mol. The van der Waals surface area contributed by atoms with Gasteiger partial charge in [0.1, 0.15) is 0 Å². The molecule has 0 aliphatic carbocycles. The zero-order valence-electron chi connectivity index (χ0n) is 7.33. The monoisotopic (exact) mass is 223 g/mol. The summed E-state index contributed by atoms with van der Waals surface area (Å²) in [6, 6.07) is 0. The summed E-state index contributed by atoms with van der Waals surface area (Å²) in [6.07, 6.45) is 1.69. The molecule has 1 fully saturated rings. The molecule has 0 unspecified atom stereocenters. The van der Waals surface area contributed by atoms with Gasteiger partial charge in [-0.05, 0) is 18.2 Å². The van der Waals surface area contributed by atoms with Crippen molar-refractivity contribution in [1.29, 1.82) is 0 Å². The third-order valence-corrected chi connectivity index (χ3v) is 2.52. The van der Waals surface area contributed by atoms with Crippen LogP contribution in [0.2, 0.25) is 0 Å². The zero-order valence-corrected chi connectivity index (χ0v) is 8.90. The van der Waals surface area contributed by atoms with Gasteiger partial charge >= 0.3 is 0 Å². The third kappa shape index (κ3) is 4.38. The standard InChI is InChI=1S/C7H13N3OS.ClH/c8-7(9)12-5-4-10-3-1-2-6(10)11;/h1-5H2,(H3,8,9);1H. The maximum Gasteiger partial charge on any atom is 0.299 e. The molecule has 0 radical (unpaired) electrons. The number of hydrogen-bond donors (Lipinski definition) is 2. The Labute approximate surface area is 88.1 Å². The quantitative estimate of drug-likeness (QED) is 0.374. The van der Waals surface area contributed by atoms with Crippen LogP contribution in [-0.4, -0.2) is 34.8 Å². The first kappa shape index (κ1) is 12.6. The second-order valence-corrected chi connectivity index (χ2v) is 3.90. The van der Waals surface area contributed by atoms with E-state index in [4.69, 9.17) is 11.1 Å². The van der Waals surface area contributed by atoms with Crippen molar-refractivity contribution >= 4 is 22.8 Å². The Morgan fingerprint density at radius 2 is 2.38 bits per heavy atom. The third-order valence-electron chi connectivity index (χ3n) is 1.80. The first-order valence-electron chi connectivity index (χ1n) is 3.98. The molecule has 1 amide bonds. The highest BCUT2D eigenvalue weighted by Gasteiger charge is 2.19. The number of thioether (sulfide) groups is 1. The molecule has 4 N–H and O–H groups in total. The predicted octanol–water partition coefficient (Wildman–Crippen LogP) is -4.58. The number of amides is 1. The van der Waals surface area contributed by atoms with Crippen LogP contribution in [0, 0.1) is 0 Å². The lowest BCUT2D eigenvalue weighted by Gasteiger charge is -2.13. The molecular weight excluding hydrogens is 210 g/mol. The second-order valence-electron chi connectivity index (χ2n) is 2.74. The van der Waals surface area contributed by atoms with Crippen molar-refractivity contribution in [1.82, 2.24) is 4.90 Å². The van der Waals surface area contributed by atoms with Gasteiger partial charge in [0, 0.05) is 25.3 Å². The van der Waals surface area contributed by atoms with Gasteiger partial charge in [-0.3, -0.25) is 15.9 Å². The van der Waals surface area contributed by atoms with Gasteiger partial charge in [0.25, 0.3) is 5.17 Å². The Hall–Kier alpha value is -0.420. The largest absolute Gasteiger partial charge is 1.00 e. The van der Waals surface area contributed by atoms with Gasteiger partial charge in [-0.1, -0.05) is 0 Å². The van der Waals surface area contributed by atoms with E-state index in [1.54, 1.807) is 0 Å². The van der Waals surface area contributed by atoms with Crippen molar-refractivity contribution in [3.63, 3.8) is 0 Å². The van der Waals surface area contributed by atoms with Crippen LogP contribution in [0.25, 0.3) is 0 Å². The SMILES string of the molecule is NC(=[NH2+])SCCN1CCCC1=O.[Cl-]. The fourth-order valence-corrected chi connectivity index (χ4v) is 1.76.